The number of para-hydroxylation sites is 3. The monoisotopic (exact) mass is 562 g/mol. The molecule has 0 aromatic heterocycles. The second kappa shape index (κ2) is 12.5. The van der Waals surface area contributed by atoms with Gasteiger partial charge < -0.3 is 20.3 Å². The Morgan fingerprint density at radius 3 is 2.30 bits per heavy atom. The summed E-state index contributed by atoms with van der Waals surface area (Å²) in [7, 11) is -3.95. The number of hydrogen-bond acceptors (Lipinski definition) is 6. The molecule has 0 radical (unpaired) electrons. The molecule has 3 aromatic carbocycles. The lowest BCUT2D eigenvalue weighted by atomic mass is 9.88. The molecule has 2 heterocycles. The molecule has 40 heavy (non-hydrogen) atoms. The first-order valence-corrected chi connectivity index (χ1v) is 15.1. The van der Waals surface area contributed by atoms with E-state index in [0.717, 1.165) is 19.4 Å². The molecule has 2 saturated heterocycles. The molecule has 2 amide bonds. The average molecular weight is 563 g/mol. The molecular weight excluding hydrogens is 528 g/mol. The van der Waals surface area contributed by atoms with E-state index in [1.807, 2.05) is 23.1 Å². The number of nitrogens with one attached hydrogen (secondary N) is 3. The SMILES string of the molecule is O=C(NCC(=O)N1CCC(C2CCCN2)CC1)c1ccc(S(=O)(=O)Nc2ccccc2Oc2ccccc2)cc1. The van der Waals surface area contributed by atoms with Crippen molar-refractivity contribution in [2.24, 2.45) is 5.92 Å². The summed E-state index contributed by atoms with van der Waals surface area (Å²) < 4.78 is 34.5. The van der Waals surface area contributed by atoms with Gasteiger partial charge in [-0.25, -0.2) is 8.42 Å². The molecule has 3 aromatic rings. The van der Waals surface area contributed by atoms with Crippen LogP contribution in [0, 0.1) is 5.92 Å². The number of likely N-dealkylation sites (tertiary alicyclic amines) is 1. The third kappa shape index (κ3) is 6.81. The number of hydrogen-bond donors (Lipinski definition) is 3. The van der Waals surface area contributed by atoms with Crippen molar-refractivity contribution >= 4 is 27.5 Å². The van der Waals surface area contributed by atoms with Crippen molar-refractivity contribution in [3.8, 4) is 11.5 Å². The number of ether oxygens (including phenoxy) is 1. The van der Waals surface area contributed by atoms with Gasteiger partial charge >= 0.3 is 0 Å². The first-order chi connectivity index (χ1) is 19.4. The van der Waals surface area contributed by atoms with E-state index in [-0.39, 0.29) is 28.6 Å². The quantitative estimate of drug-likeness (QED) is 0.363. The third-order valence-electron chi connectivity index (χ3n) is 7.49. The highest BCUT2D eigenvalue weighted by molar-refractivity contribution is 7.92. The predicted octanol–water partition coefficient (Wildman–Crippen LogP) is 4.00. The van der Waals surface area contributed by atoms with Crippen LogP contribution >= 0.6 is 0 Å². The standard InChI is InChI=1S/C30H34N4O5S/c35-29(34-19-16-22(17-20-34)26-10-6-18-31-26)21-32-30(36)23-12-14-25(15-13-23)40(37,38)33-27-9-4-5-11-28(27)39-24-7-2-1-3-8-24/h1-5,7-9,11-15,22,26,31,33H,6,10,16-21H2,(H,32,36). The minimum Gasteiger partial charge on any atom is -0.455 e. The van der Waals surface area contributed by atoms with Gasteiger partial charge in [-0.15, -0.1) is 0 Å². The van der Waals surface area contributed by atoms with E-state index in [1.165, 1.54) is 37.1 Å². The fourth-order valence-electron chi connectivity index (χ4n) is 5.28. The Kier molecular flexibility index (Phi) is 8.66. The second-order valence-electron chi connectivity index (χ2n) is 10.1. The van der Waals surface area contributed by atoms with Crippen LogP contribution in [0.5, 0.6) is 11.5 Å². The number of carbonyl (C=O) groups excluding carboxylic acids is 2. The summed E-state index contributed by atoms with van der Waals surface area (Å²) in [4.78, 5) is 27.1. The summed E-state index contributed by atoms with van der Waals surface area (Å²) in [5.74, 6) is 1.00. The molecule has 1 unspecified atom stereocenters. The molecule has 10 heteroatoms. The van der Waals surface area contributed by atoms with Crippen LogP contribution in [0.15, 0.2) is 83.8 Å². The lowest BCUT2D eigenvalue weighted by Crippen LogP contribution is -2.46. The first-order valence-electron chi connectivity index (χ1n) is 13.6. The number of sulfonamides is 1. The number of amides is 2. The molecule has 5 rings (SSSR count). The van der Waals surface area contributed by atoms with Crippen molar-refractivity contribution in [2.75, 3.05) is 30.9 Å². The van der Waals surface area contributed by atoms with Crippen LogP contribution in [-0.2, 0) is 14.8 Å². The highest BCUT2D eigenvalue weighted by Crippen LogP contribution is 2.31. The Hall–Kier alpha value is -3.89. The number of piperidine rings is 1. The number of anilines is 1. The van der Waals surface area contributed by atoms with Gasteiger partial charge in [0.2, 0.25) is 5.91 Å². The molecule has 0 saturated carbocycles. The van der Waals surface area contributed by atoms with E-state index in [0.29, 0.717) is 36.5 Å². The first kappa shape index (κ1) is 27.7. The minimum atomic E-state index is -3.95. The maximum absolute atomic E-state index is 13.1. The highest BCUT2D eigenvalue weighted by atomic mass is 32.2. The average Bonchev–Trinajstić information content (AvgIpc) is 3.53. The van der Waals surface area contributed by atoms with Crippen molar-refractivity contribution in [3.05, 3.63) is 84.4 Å². The Balaban J connectivity index is 1.14. The highest BCUT2D eigenvalue weighted by Gasteiger charge is 2.30. The Morgan fingerprint density at radius 1 is 0.900 bits per heavy atom. The third-order valence-corrected chi connectivity index (χ3v) is 8.87. The zero-order valence-electron chi connectivity index (χ0n) is 22.2. The van der Waals surface area contributed by atoms with Crippen LogP contribution in [0.4, 0.5) is 5.69 Å². The van der Waals surface area contributed by atoms with Crippen LogP contribution in [0.25, 0.3) is 0 Å². The van der Waals surface area contributed by atoms with Gasteiger partial charge in [-0.2, -0.15) is 0 Å². The molecule has 2 fully saturated rings. The smallest absolute Gasteiger partial charge is 0.262 e. The maximum atomic E-state index is 13.1. The summed E-state index contributed by atoms with van der Waals surface area (Å²) in [6.07, 6.45) is 4.38. The van der Waals surface area contributed by atoms with Crippen molar-refractivity contribution in [3.63, 3.8) is 0 Å². The summed E-state index contributed by atoms with van der Waals surface area (Å²) in [5.41, 5.74) is 0.556. The molecule has 1 atom stereocenters. The number of benzene rings is 3. The van der Waals surface area contributed by atoms with Crippen molar-refractivity contribution in [1.82, 2.24) is 15.5 Å². The topological polar surface area (TPSA) is 117 Å². The van der Waals surface area contributed by atoms with Gasteiger partial charge in [-0.05, 0) is 86.7 Å². The summed E-state index contributed by atoms with van der Waals surface area (Å²) in [6.45, 7) is 2.40. The van der Waals surface area contributed by atoms with E-state index < -0.39 is 15.9 Å². The van der Waals surface area contributed by atoms with Gasteiger partial charge in [0.1, 0.15) is 5.75 Å². The van der Waals surface area contributed by atoms with Gasteiger partial charge in [0.15, 0.2) is 5.75 Å². The maximum Gasteiger partial charge on any atom is 0.262 e. The minimum absolute atomic E-state index is 0.00531. The zero-order chi connectivity index (χ0) is 28.0. The van der Waals surface area contributed by atoms with E-state index in [9.17, 15) is 18.0 Å². The normalized spacial score (nSPS) is 17.8. The van der Waals surface area contributed by atoms with Crippen molar-refractivity contribution in [2.45, 2.75) is 36.6 Å². The van der Waals surface area contributed by atoms with Gasteiger partial charge in [0.25, 0.3) is 15.9 Å². The molecule has 2 aliphatic heterocycles. The van der Waals surface area contributed by atoms with E-state index >= 15 is 0 Å². The lowest BCUT2D eigenvalue weighted by Gasteiger charge is -2.35. The fraction of sp³-hybridized carbons (Fsp3) is 0.333. The van der Waals surface area contributed by atoms with Crippen LogP contribution in [0.3, 0.4) is 0 Å². The number of rotatable bonds is 9. The summed E-state index contributed by atoms with van der Waals surface area (Å²) >= 11 is 0. The summed E-state index contributed by atoms with van der Waals surface area (Å²) in [6, 6.07) is 22.0. The molecular formula is C30H34N4O5S. The van der Waals surface area contributed by atoms with Gasteiger partial charge in [0.05, 0.1) is 17.1 Å². The van der Waals surface area contributed by atoms with E-state index in [4.69, 9.17) is 4.74 Å². The van der Waals surface area contributed by atoms with Crippen LogP contribution in [0.2, 0.25) is 0 Å². The van der Waals surface area contributed by atoms with Crippen LogP contribution < -0.4 is 20.1 Å². The van der Waals surface area contributed by atoms with Crippen LogP contribution in [-0.4, -0.2) is 57.4 Å². The molecule has 9 nitrogen and oxygen atoms in total. The predicted molar refractivity (Wildman–Crippen MR) is 153 cm³/mol. The Morgan fingerprint density at radius 2 is 1.60 bits per heavy atom. The fourth-order valence-corrected chi connectivity index (χ4v) is 6.35. The Labute approximate surface area is 235 Å². The van der Waals surface area contributed by atoms with Gasteiger partial charge in [0, 0.05) is 24.7 Å². The Bertz CT molecular complexity index is 1420. The molecule has 0 spiro atoms. The van der Waals surface area contributed by atoms with Gasteiger partial charge in [-0.3, -0.25) is 14.3 Å². The van der Waals surface area contributed by atoms with E-state index in [2.05, 4.69) is 15.4 Å². The molecule has 0 bridgehead atoms. The van der Waals surface area contributed by atoms with Crippen molar-refractivity contribution in [1.29, 1.82) is 0 Å². The van der Waals surface area contributed by atoms with Gasteiger partial charge in [-0.1, -0.05) is 30.3 Å². The van der Waals surface area contributed by atoms with Crippen molar-refractivity contribution < 1.29 is 22.7 Å². The molecule has 0 aliphatic carbocycles. The molecule has 210 valence electrons. The van der Waals surface area contributed by atoms with Crippen LogP contribution in [0.1, 0.15) is 36.0 Å². The number of carbonyl (C=O) groups is 2. The number of nitrogens with zero attached hydrogens (tertiary/aromatic N) is 1. The zero-order valence-corrected chi connectivity index (χ0v) is 23.0. The largest absolute Gasteiger partial charge is 0.455 e. The molecule has 2 aliphatic rings. The molecule has 3 N–H and O–H groups in total. The lowest BCUT2D eigenvalue weighted by molar-refractivity contribution is -0.131. The van der Waals surface area contributed by atoms with E-state index in [1.54, 1.807) is 36.4 Å². The summed E-state index contributed by atoms with van der Waals surface area (Å²) in [5, 5.41) is 6.22. The second-order valence-corrected chi connectivity index (χ2v) is 11.8.